The fourth-order valence-corrected chi connectivity index (χ4v) is 2.31. The molecule has 0 atom stereocenters. The Morgan fingerprint density at radius 2 is 2.23 bits per heavy atom. The lowest BCUT2D eigenvalue weighted by Gasteiger charge is -2.13. The minimum Gasteiger partial charge on any atom is -0.330 e. The number of thiophene rings is 1. The van der Waals surface area contributed by atoms with Gasteiger partial charge in [-0.2, -0.15) is 0 Å². The van der Waals surface area contributed by atoms with Crippen LogP contribution in [0.3, 0.4) is 0 Å². The molecule has 1 heterocycles. The molecule has 0 aliphatic carbocycles. The van der Waals surface area contributed by atoms with Gasteiger partial charge in [0.25, 0.3) is 5.92 Å². The highest BCUT2D eigenvalue weighted by Gasteiger charge is 2.34. The molecule has 0 aliphatic heterocycles. The standard InChI is InChI=1S/C8H10ClF2NS/c1-5-4-13-7(6(5)9)8(10,11)2-3-12/h4H,2-3,12H2,1H3. The van der Waals surface area contributed by atoms with E-state index in [4.69, 9.17) is 17.3 Å². The molecule has 1 nitrogen and oxygen atoms in total. The van der Waals surface area contributed by atoms with Crippen LogP contribution in [0.4, 0.5) is 8.78 Å². The molecular formula is C8H10ClF2NS. The van der Waals surface area contributed by atoms with E-state index in [0.29, 0.717) is 5.56 Å². The molecule has 13 heavy (non-hydrogen) atoms. The molecule has 0 unspecified atom stereocenters. The monoisotopic (exact) mass is 225 g/mol. The summed E-state index contributed by atoms with van der Waals surface area (Å²) in [5, 5.41) is 1.80. The number of aryl methyl sites for hydroxylation is 1. The first-order valence-electron chi connectivity index (χ1n) is 3.81. The molecule has 74 valence electrons. The van der Waals surface area contributed by atoms with Crippen LogP contribution in [0, 0.1) is 6.92 Å². The summed E-state index contributed by atoms with van der Waals surface area (Å²) >= 11 is 6.70. The Bertz CT molecular complexity index is 298. The average Bonchev–Trinajstić information content (AvgIpc) is 2.33. The van der Waals surface area contributed by atoms with E-state index in [0.717, 1.165) is 11.3 Å². The van der Waals surface area contributed by atoms with Gasteiger partial charge >= 0.3 is 0 Å². The molecule has 0 spiro atoms. The van der Waals surface area contributed by atoms with Crippen molar-refractivity contribution in [3.05, 3.63) is 20.8 Å². The maximum Gasteiger partial charge on any atom is 0.284 e. The van der Waals surface area contributed by atoms with E-state index in [1.165, 1.54) is 0 Å². The molecule has 0 bridgehead atoms. The Morgan fingerprint density at radius 3 is 2.62 bits per heavy atom. The summed E-state index contributed by atoms with van der Waals surface area (Å²) in [6, 6.07) is 0. The maximum atomic E-state index is 13.3. The number of alkyl halides is 2. The summed E-state index contributed by atoms with van der Waals surface area (Å²) in [5.41, 5.74) is 5.78. The third kappa shape index (κ3) is 2.18. The second-order valence-electron chi connectivity index (χ2n) is 2.80. The van der Waals surface area contributed by atoms with E-state index in [-0.39, 0.29) is 22.9 Å². The predicted octanol–water partition coefficient (Wildman–Crippen LogP) is 3.15. The summed E-state index contributed by atoms with van der Waals surface area (Å²) in [6.45, 7) is 1.67. The van der Waals surface area contributed by atoms with Gasteiger partial charge in [0.2, 0.25) is 0 Å². The first-order valence-corrected chi connectivity index (χ1v) is 5.06. The van der Waals surface area contributed by atoms with Crippen molar-refractivity contribution in [1.82, 2.24) is 0 Å². The van der Waals surface area contributed by atoms with E-state index < -0.39 is 5.92 Å². The highest BCUT2D eigenvalue weighted by atomic mass is 35.5. The largest absolute Gasteiger partial charge is 0.330 e. The van der Waals surface area contributed by atoms with Gasteiger partial charge in [0.1, 0.15) is 0 Å². The molecule has 0 saturated heterocycles. The van der Waals surface area contributed by atoms with E-state index in [1.54, 1.807) is 12.3 Å². The van der Waals surface area contributed by atoms with Gasteiger partial charge in [-0.25, -0.2) is 8.78 Å². The Kier molecular flexibility index (Phi) is 3.27. The summed E-state index contributed by atoms with van der Waals surface area (Å²) in [4.78, 5) is -0.0721. The molecular weight excluding hydrogens is 216 g/mol. The lowest BCUT2D eigenvalue weighted by Crippen LogP contribution is -2.17. The number of hydrogen-bond acceptors (Lipinski definition) is 2. The highest BCUT2D eigenvalue weighted by Crippen LogP contribution is 2.41. The van der Waals surface area contributed by atoms with Crippen molar-refractivity contribution in [2.45, 2.75) is 19.3 Å². The van der Waals surface area contributed by atoms with Gasteiger partial charge < -0.3 is 5.73 Å². The Morgan fingerprint density at radius 1 is 1.62 bits per heavy atom. The Balaban J connectivity index is 2.99. The molecule has 0 aromatic carbocycles. The molecule has 2 N–H and O–H groups in total. The van der Waals surface area contributed by atoms with Crippen LogP contribution in [0.25, 0.3) is 0 Å². The van der Waals surface area contributed by atoms with Crippen molar-refractivity contribution >= 4 is 22.9 Å². The zero-order valence-electron chi connectivity index (χ0n) is 7.11. The van der Waals surface area contributed by atoms with Crippen LogP contribution >= 0.6 is 22.9 Å². The van der Waals surface area contributed by atoms with Crippen LogP contribution in [0.15, 0.2) is 5.38 Å². The molecule has 0 aliphatic rings. The second kappa shape index (κ2) is 3.90. The van der Waals surface area contributed by atoms with Crippen molar-refractivity contribution in [2.24, 2.45) is 5.73 Å². The zero-order valence-corrected chi connectivity index (χ0v) is 8.68. The van der Waals surface area contributed by atoms with Crippen molar-refractivity contribution in [2.75, 3.05) is 6.54 Å². The quantitative estimate of drug-likeness (QED) is 0.840. The van der Waals surface area contributed by atoms with Crippen LogP contribution in [0.2, 0.25) is 5.02 Å². The predicted molar refractivity (Wildman–Crippen MR) is 51.6 cm³/mol. The fourth-order valence-electron chi connectivity index (χ4n) is 0.971. The topological polar surface area (TPSA) is 26.0 Å². The maximum absolute atomic E-state index is 13.3. The zero-order chi connectivity index (χ0) is 10.1. The second-order valence-corrected chi connectivity index (χ2v) is 4.06. The van der Waals surface area contributed by atoms with Crippen LogP contribution in [0.5, 0.6) is 0 Å². The Labute approximate surface area is 84.5 Å². The summed E-state index contributed by atoms with van der Waals surface area (Å²) in [7, 11) is 0. The first-order chi connectivity index (χ1) is 5.99. The Hall–Kier alpha value is -0.190. The van der Waals surface area contributed by atoms with Crippen molar-refractivity contribution < 1.29 is 8.78 Å². The lowest BCUT2D eigenvalue weighted by molar-refractivity contribution is -0.00674. The number of nitrogens with two attached hydrogens (primary N) is 1. The normalized spacial score (nSPS) is 12.1. The molecule has 5 heteroatoms. The van der Waals surface area contributed by atoms with Gasteiger partial charge in [-0.1, -0.05) is 11.6 Å². The van der Waals surface area contributed by atoms with E-state index in [1.807, 2.05) is 0 Å². The third-order valence-electron chi connectivity index (χ3n) is 1.69. The highest BCUT2D eigenvalue weighted by molar-refractivity contribution is 7.10. The SMILES string of the molecule is Cc1csc(C(F)(F)CCN)c1Cl. The van der Waals surface area contributed by atoms with E-state index >= 15 is 0 Å². The van der Waals surface area contributed by atoms with Crippen molar-refractivity contribution in [3.63, 3.8) is 0 Å². The summed E-state index contributed by atoms with van der Waals surface area (Å²) in [6.07, 6.45) is -0.354. The van der Waals surface area contributed by atoms with Gasteiger partial charge in [-0.05, 0) is 24.4 Å². The van der Waals surface area contributed by atoms with Gasteiger partial charge in [-0.3, -0.25) is 0 Å². The van der Waals surface area contributed by atoms with E-state index in [9.17, 15) is 8.78 Å². The minimum atomic E-state index is -2.88. The fraction of sp³-hybridized carbons (Fsp3) is 0.500. The van der Waals surface area contributed by atoms with Crippen LogP contribution in [-0.4, -0.2) is 6.54 Å². The third-order valence-corrected chi connectivity index (χ3v) is 3.50. The average molecular weight is 226 g/mol. The summed E-state index contributed by atoms with van der Waals surface area (Å²) in [5.74, 6) is -2.88. The van der Waals surface area contributed by atoms with Crippen LogP contribution in [0.1, 0.15) is 16.9 Å². The van der Waals surface area contributed by atoms with Gasteiger partial charge in [0.15, 0.2) is 0 Å². The van der Waals surface area contributed by atoms with Gasteiger partial charge in [-0.15, -0.1) is 11.3 Å². The molecule has 0 amide bonds. The minimum absolute atomic E-state index is 0.0414. The molecule has 1 aromatic rings. The molecule has 1 aromatic heterocycles. The first kappa shape index (κ1) is 10.9. The van der Waals surface area contributed by atoms with Gasteiger partial charge in [0, 0.05) is 6.42 Å². The van der Waals surface area contributed by atoms with Crippen molar-refractivity contribution in [1.29, 1.82) is 0 Å². The van der Waals surface area contributed by atoms with E-state index in [2.05, 4.69) is 0 Å². The van der Waals surface area contributed by atoms with Crippen LogP contribution < -0.4 is 5.73 Å². The molecule has 0 saturated carbocycles. The lowest BCUT2D eigenvalue weighted by atomic mass is 10.2. The smallest absolute Gasteiger partial charge is 0.284 e. The van der Waals surface area contributed by atoms with Crippen molar-refractivity contribution in [3.8, 4) is 0 Å². The molecule has 0 fully saturated rings. The number of rotatable bonds is 3. The number of halogens is 3. The molecule has 1 rings (SSSR count). The van der Waals surface area contributed by atoms with Gasteiger partial charge in [0.05, 0.1) is 9.90 Å². The van der Waals surface area contributed by atoms with Crippen LogP contribution in [-0.2, 0) is 5.92 Å². The summed E-state index contributed by atoms with van der Waals surface area (Å²) < 4.78 is 26.6. The molecule has 0 radical (unpaired) electrons. The number of hydrogen-bond donors (Lipinski definition) is 1.